The fourth-order valence-corrected chi connectivity index (χ4v) is 3.23. The molecular weight excluding hydrogens is 332 g/mol. The maximum Gasteiger partial charge on any atom is 0.306 e. The van der Waals surface area contributed by atoms with E-state index in [1.807, 2.05) is 20.8 Å². The van der Waals surface area contributed by atoms with Gasteiger partial charge in [0, 0.05) is 23.7 Å². The van der Waals surface area contributed by atoms with Crippen molar-refractivity contribution in [3.8, 4) is 0 Å². The van der Waals surface area contributed by atoms with Crippen molar-refractivity contribution in [2.75, 3.05) is 11.9 Å². The molecule has 1 aliphatic carbocycles. The molecule has 2 rings (SSSR count). The number of nitrogens with one attached hydrogen (secondary N) is 2. The van der Waals surface area contributed by atoms with Crippen molar-refractivity contribution in [1.82, 2.24) is 5.32 Å². The first-order chi connectivity index (χ1) is 12.3. The Morgan fingerprint density at radius 1 is 1.19 bits per heavy atom. The number of amides is 2. The molecule has 0 saturated heterocycles. The van der Waals surface area contributed by atoms with Crippen LogP contribution in [0, 0.1) is 24.7 Å². The zero-order valence-electron chi connectivity index (χ0n) is 15.7. The van der Waals surface area contributed by atoms with Crippen LogP contribution in [0.25, 0.3) is 0 Å². The maximum atomic E-state index is 12.5. The molecule has 2 amide bonds. The van der Waals surface area contributed by atoms with Crippen LogP contribution in [0.4, 0.5) is 5.69 Å². The molecule has 1 aliphatic rings. The Morgan fingerprint density at radius 2 is 1.88 bits per heavy atom. The Morgan fingerprint density at radius 3 is 2.50 bits per heavy atom. The summed E-state index contributed by atoms with van der Waals surface area (Å²) in [5, 5.41) is 14.9. The van der Waals surface area contributed by atoms with Crippen molar-refractivity contribution in [2.24, 2.45) is 17.8 Å². The van der Waals surface area contributed by atoms with Gasteiger partial charge in [0.25, 0.3) is 5.91 Å². The van der Waals surface area contributed by atoms with E-state index < -0.39 is 11.9 Å². The Bertz CT molecular complexity index is 684. The molecular formula is C20H28N2O4. The van der Waals surface area contributed by atoms with E-state index in [2.05, 4.69) is 10.6 Å². The van der Waals surface area contributed by atoms with Gasteiger partial charge in [-0.25, -0.2) is 0 Å². The normalized spacial score (nSPS) is 19.8. The summed E-state index contributed by atoms with van der Waals surface area (Å²) < 4.78 is 0. The predicted molar refractivity (Wildman–Crippen MR) is 100 cm³/mol. The molecule has 1 aromatic carbocycles. The van der Waals surface area contributed by atoms with Gasteiger partial charge in [0.1, 0.15) is 0 Å². The highest BCUT2D eigenvalue weighted by Gasteiger charge is 2.31. The molecule has 26 heavy (non-hydrogen) atoms. The van der Waals surface area contributed by atoms with Crippen LogP contribution in [0.1, 0.15) is 55.5 Å². The summed E-state index contributed by atoms with van der Waals surface area (Å²) in [5.74, 6) is -1.43. The summed E-state index contributed by atoms with van der Waals surface area (Å²) in [6, 6.07) is 5.18. The molecule has 3 N–H and O–H groups in total. The standard InChI is InChI=1S/C20H28N2O4/c1-12(2)11-21-18(23)15-7-8-17(13(3)9-15)22-19(24)14-5-4-6-16(10-14)20(25)26/h7-9,12,14,16H,4-6,10-11H2,1-3H3,(H,21,23)(H,22,24)(H,25,26). The molecule has 0 aromatic heterocycles. The van der Waals surface area contributed by atoms with Crippen LogP contribution < -0.4 is 10.6 Å². The quantitative estimate of drug-likeness (QED) is 0.726. The Kier molecular flexibility index (Phi) is 6.77. The van der Waals surface area contributed by atoms with Crippen LogP contribution in [0.3, 0.4) is 0 Å². The van der Waals surface area contributed by atoms with Gasteiger partial charge in [-0.05, 0) is 55.9 Å². The van der Waals surface area contributed by atoms with E-state index in [9.17, 15) is 14.4 Å². The highest BCUT2D eigenvalue weighted by atomic mass is 16.4. The van der Waals surface area contributed by atoms with E-state index >= 15 is 0 Å². The number of carbonyl (C=O) groups excluding carboxylic acids is 2. The van der Waals surface area contributed by atoms with Crippen molar-refractivity contribution in [3.63, 3.8) is 0 Å². The van der Waals surface area contributed by atoms with Gasteiger partial charge in [-0.15, -0.1) is 0 Å². The average molecular weight is 360 g/mol. The highest BCUT2D eigenvalue weighted by molar-refractivity contribution is 5.97. The van der Waals surface area contributed by atoms with Crippen LogP contribution in [0.2, 0.25) is 0 Å². The minimum Gasteiger partial charge on any atom is -0.481 e. The van der Waals surface area contributed by atoms with Gasteiger partial charge in [0.15, 0.2) is 0 Å². The molecule has 6 heteroatoms. The second kappa shape index (κ2) is 8.83. The smallest absolute Gasteiger partial charge is 0.306 e. The van der Waals surface area contributed by atoms with E-state index in [1.165, 1.54) is 0 Å². The lowest BCUT2D eigenvalue weighted by atomic mass is 9.81. The SMILES string of the molecule is Cc1cc(C(=O)NCC(C)C)ccc1NC(=O)C1CCCC(C(=O)O)C1. The summed E-state index contributed by atoms with van der Waals surface area (Å²) in [6.45, 7) is 6.52. The number of benzene rings is 1. The van der Waals surface area contributed by atoms with Gasteiger partial charge in [-0.2, -0.15) is 0 Å². The van der Waals surface area contributed by atoms with Crippen LogP contribution in [0.5, 0.6) is 0 Å². The van der Waals surface area contributed by atoms with Crippen LogP contribution >= 0.6 is 0 Å². The Labute approximate surface area is 154 Å². The first-order valence-corrected chi connectivity index (χ1v) is 9.20. The van der Waals surface area contributed by atoms with Crippen molar-refractivity contribution < 1.29 is 19.5 Å². The van der Waals surface area contributed by atoms with Crippen molar-refractivity contribution in [3.05, 3.63) is 29.3 Å². The number of rotatable bonds is 6. The molecule has 0 spiro atoms. The molecule has 6 nitrogen and oxygen atoms in total. The van der Waals surface area contributed by atoms with E-state index in [-0.39, 0.29) is 17.7 Å². The summed E-state index contributed by atoms with van der Waals surface area (Å²) in [7, 11) is 0. The third kappa shape index (κ3) is 5.31. The van der Waals surface area contributed by atoms with Gasteiger partial charge in [-0.1, -0.05) is 20.3 Å². The van der Waals surface area contributed by atoms with E-state index in [0.717, 1.165) is 12.0 Å². The monoisotopic (exact) mass is 360 g/mol. The number of carboxylic acid groups (broad SMARTS) is 1. The van der Waals surface area contributed by atoms with Crippen LogP contribution in [-0.2, 0) is 9.59 Å². The molecule has 0 bridgehead atoms. The van der Waals surface area contributed by atoms with E-state index in [0.29, 0.717) is 43.0 Å². The van der Waals surface area contributed by atoms with Gasteiger partial charge >= 0.3 is 5.97 Å². The first kappa shape index (κ1) is 19.9. The fraction of sp³-hybridized carbons (Fsp3) is 0.550. The number of aliphatic carboxylic acids is 1. The summed E-state index contributed by atoms with van der Waals surface area (Å²) in [5.41, 5.74) is 2.03. The van der Waals surface area contributed by atoms with Crippen LogP contribution in [0.15, 0.2) is 18.2 Å². The zero-order chi connectivity index (χ0) is 19.3. The number of carbonyl (C=O) groups is 3. The van der Waals surface area contributed by atoms with E-state index in [4.69, 9.17) is 5.11 Å². The number of carboxylic acids is 1. The zero-order valence-corrected chi connectivity index (χ0v) is 15.7. The topological polar surface area (TPSA) is 95.5 Å². The molecule has 0 radical (unpaired) electrons. The van der Waals surface area contributed by atoms with Gasteiger partial charge in [0.05, 0.1) is 5.92 Å². The van der Waals surface area contributed by atoms with Crippen molar-refractivity contribution in [1.29, 1.82) is 0 Å². The molecule has 2 atom stereocenters. The van der Waals surface area contributed by atoms with Crippen molar-refractivity contribution >= 4 is 23.5 Å². The number of anilines is 1. The molecule has 142 valence electrons. The number of aryl methyl sites for hydroxylation is 1. The molecule has 1 aromatic rings. The largest absolute Gasteiger partial charge is 0.481 e. The van der Waals surface area contributed by atoms with Gasteiger partial charge in [0.2, 0.25) is 5.91 Å². The van der Waals surface area contributed by atoms with Gasteiger partial charge < -0.3 is 15.7 Å². The minimum absolute atomic E-state index is 0.128. The lowest BCUT2D eigenvalue weighted by Gasteiger charge is -2.26. The predicted octanol–water partition coefficient (Wildman–Crippen LogP) is 3.21. The molecule has 1 saturated carbocycles. The van der Waals surface area contributed by atoms with Gasteiger partial charge in [-0.3, -0.25) is 14.4 Å². The van der Waals surface area contributed by atoms with Crippen molar-refractivity contribution in [2.45, 2.75) is 46.5 Å². The number of hydrogen-bond acceptors (Lipinski definition) is 3. The summed E-state index contributed by atoms with van der Waals surface area (Å²) >= 11 is 0. The Balaban J connectivity index is 2.00. The number of hydrogen-bond donors (Lipinski definition) is 3. The highest BCUT2D eigenvalue weighted by Crippen LogP contribution is 2.30. The molecule has 0 heterocycles. The minimum atomic E-state index is -0.824. The molecule has 0 aliphatic heterocycles. The first-order valence-electron chi connectivity index (χ1n) is 9.20. The molecule has 1 fully saturated rings. The summed E-state index contributed by atoms with van der Waals surface area (Å²) in [4.78, 5) is 35.8. The van der Waals surface area contributed by atoms with Crippen LogP contribution in [-0.4, -0.2) is 29.4 Å². The van der Waals surface area contributed by atoms with E-state index in [1.54, 1.807) is 18.2 Å². The third-order valence-electron chi connectivity index (χ3n) is 4.81. The Hall–Kier alpha value is -2.37. The third-order valence-corrected chi connectivity index (χ3v) is 4.81. The average Bonchev–Trinajstić information content (AvgIpc) is 2.61. The lowest BCUT2D eigenvalue weighted by Crippen LogP contribution is -2.31. The summed E-state index contributed by atoms with van der Waals surface area (Å²) in [6.07, 6.45) is 2.49. The second-order valence-corrected chi connectivity index (χ2v) is 7.52. The second-order valence-electron chi connectivity index (χ2n) is 7.52. The lowest BCUT2D eigenvalue weighted by molar-refractivity contribution is -0.143. The fourth-order valence-electron chi connectivity index (χ4n) is 3.23. The maximum absolute atomic E-state index is 12.5. The molecule has 2 unspecified atom stereocenters.